The Bertz CT molecular complexity index is 1150. The maximum atomic E-state index is 12.9. The molecule has 1 aromatic heterocycles. The molecule has 3 aromatic rings. The van der Waals surface area contributed by atoms with Gasteiger partial charge in [0.05, 0.1) is 17.9 Å². The van der Waals surface area contributed by atoms with Gasteiger partial charge in [0.2, 0.25) is 0 Å². The van der Waals surface area contributed by atoms with Crippen molar-refractivity contribution in [2.45, 2.75) is 46.8 Å². The Kier molecular flexibility index (Phi) is 6.35. The third-order valence-electron chi connectivity index (χ3n) is 5.65. The Balaban J connectivity index is 1.49. The molecule has 0 bridgehead atoms. The first kappa shape index (κ1) is 22.4. The summed E-state index contributed by atoms with van der Waals surface area (Å²) >= 11 is 0. The number of fused-ring (bicyclic) bond motifs is 1. The van der Waals surface area contributed by atoms with Crippen LogP contribution < -0.4 is 19.7 Å². The first-order chi connectivity index (χ1) is 15.9. The SMILES string of the molecule is CCc1ccc(OCC(=O)Nc2ccc3c(c2)N(Cc2c(C)noc2C)C(=O)C(C)O3)cc1. The number of rotatable bonds is 7. The predicted octanol–water partition coefficient (Wildman–Crippen LogP) is 4.19. The zero-order valence-corrected chi connectivity index (χ0v) is 19.2. The highest BCUT2D eigenvalue weighted by atomic mass is 16.5. The second-order valence-electron chi connectivity index (χ2n) is 8.00. The lowest BCUT2D eigenvalue weighted by atomic mass is 10.1. The van der Waals surface area contributed by atoms with Gasteiger partial charge >= 0.3 is 0 Å². The van der Waals surface area contributed by atoms with Crippen LogP contribution in [0.5, 0.6) is 11.5 Å². The van der Waals surface area contributed by atoms with Gasteiger partial charge in [0.25, 0.3) is 11.8 Å². The van der Waals surface area contributed by atoms with Crippen LogP contribution in [-0.2, 0) is 22.6 Å². The number of anilines is 2. The topological polar surface area (TPSA) is 93.9 Å². The molecule has 1 aliphatic heterocycles. The average molecular weight is 450 g/mol. The van der Waals surface area contributed by atoms with E-state index in [9.17, 15) is 9.59 Å². The van der Waals surface area contributed by atoms with Crippen LogP contribution in [-0.4, -0.2) is 29.7 Å². The van der Waals surface area contributed by atoms with E-state index in [0.717, 1.165) is 17.7 Å². The predicted molar refractivity (Wildman–Crippen MR) is 124 cm³/mol. The molecule has 0 aliphatic carbocycles. The van der Waals surface area contributed by atoms with Crippen LogP contribution in [0.3, 0.4) is 0 Å². The highest BCUT2D eigenvalue weighted by Gasteiger charge is 2.33. The molecule has 8 nitrogen and oxygen atoms in total. The van der Waals surface area contributed by atoms with Crippen molar-refractivity contribution in [3.63, 3.8) is 0 Å². The van der Waals surface area contributed by atoms with Crippen molar-refractivity contribution in [2.24, 2.45) is 0 Å². The summed E-state index contributed by atoms with van der Waals surface area (Å²) in [5.41, 5.74) is 3.90. The maximum Gasteiger partial charge on any atom is 0.268 e. The van der Waals surface area contributed by atoms with Crippen molar-refractivity contribution in [1.29, 1.82) is 0 Å². The summed E-state index contributed by atoms with van der Waals surface area (Å²) in [6, 6.07) is 12.9. The molecule has 1 N–H and O–H groups in total. The molecule has 0 saturated carbocycles. The zero-order chi connectivity index (χ0) is 23.5. The van der Waals surface area contributed by atoms with Gasteiger partial charge in [-0.05, 0) is 63.1 Å². The Morgan fingerprint density at radius 1 is 1.18 bits per heavy atom. The van der Waals surface area contributed by atoms with Gasteiger partial charge < -0.3 is 24.2 Å². The first-order valence-corrected chi connectivity index (χ1v) is 10.9. The molecule has 172 valence electrons. The van der Waals surface area contributed by atoms with Gasteiger partial charge in [-0.1, -0.05) is 24.2 Å². The third kappa shape index (κ3) is 4.84. The molecule has 0 radical (unpaired) electrons. The average Bonchev–Trinajstić information content (AvgIpc) is 3.13. The molecule has 0 saturated heterocycles. The van der Waals surface area contributed by atoms with Crippen LogP contribution in [0.2, 0.25) is 0 Å². The monoisotopic (exact) mass is 449 g/mol. The maximum absolute atomic E-state index is 12.9. The second-order valence-corrected chi connectivity index (χ2v) is 8.00. The second kappa shape index (κ2) is 9.36. The highest BCUT2D eigenvalue weighted by molar-refractivity contribution is 6.01. The van der Waals surface area contributed by atoms with Gasteiger partial charge in [-0.15, -0.1) is 0 Å². The van der Waals surface area contributed by atoms with E-state index in [1.165, 1.54) is 5.56 Å². The van der Waals surface area contributed by atoms with Gasteiger partial charge in [0, 0.05) is 11.3 Å². The van der Waals surface area contributed by atoms with E-state index in [4.69, 9.17) is 14.0 Å². The molecule has 1 unspecified atom stereocenters. The molecule has 2 amide bonds. The number of carbonyl (C=O) groups is 2. The van der Waals surface area contributed by atoms with E-state index < -0.39 is 6.10 Å². The Morgan fingerprint density at radius 2 is 1.94 bits per heavy atom. The molecule has 0 fully saturated rings. The number of aromatic nitrogens is 1. The first-order valence-electron chi connectivity index (χ1n) is 10.9. The summed E-state index contributed by atoms with van der Waals surface area (Å²) in [5, 5.41) is 6.80. The molecule has 2 aromatic carbocycles. The number of aryl methyl sites for hydroxylation is 3. The molecule has 1 aliphatic rings. The number of carbonyl (C=O) groups excluding carboxylic acids is 2. The lowest BCUT2D eigenvalue weighted by molar-refractivity contribution is -0.125. The summed E-state index contributed by atoms with van der Waals surface area (Å²) in [7, 11) is 0. The van der Waals surface area contributed by atoms with Gasteiger partial charge in [0.15, 0.2) is 12.7 Å². The Hall–Kier alpha value is -3.81. The molecular weight excluding hydrogens is 422 g/mol. The minimum absolute atomic E-state index is 0.127. The molecule has 1 atom stereocenters. The summed E-state index contributed by atoms with van der Waals surface area (Å²) < 4.78 is 16.6. The van der Waals surface area contributed by atoms with Crippen molar-refractivity contribution in [2.75, 3.05) is 16.8 Å². The number of ether oxygens (including phenoxy) is 2. The number of hydrogen-bond acceptors (Lipinski definition) is 6. The minimum Gasteiger partial charge on any atom is -0.484 e. The van der Waals surface area contributed by atoms with Crippen LogP contribution in [0.4, 0.5) is 11.4 Å². The summed E-state index contributed by atoms with van der Waals surface area (Å²) in [4.78, 5) is 27.0. The standard InChI is InChI=1S/C25H27N3O5/c1-5-18-6-9-20(10-7-18)31-14-24(29)26-19-8-11-23-22(12-19)28(25(30)17(4)32-23)13-21-15(2)27-33-16(21)3/h6-12,17H,5,13-14H2,1-4H3,(H,26,29). The normalized spacial score (nSPS) is 15.1. The number of amides is 2. The molecule has 4 rings (SSSR count). The number of nitrogens with one attached hydrogen (secondary N) is 1. The van der Waals surface area contributed by atoms with E-state index >= 15 is 0 Å². The van der Waals surface area contributed by atoms with E-state index in [1.54, 1.807) is 30.0 Å². The van der Waals surface area contributed by atoms with Crippen LogP contribution >= 0.6 is 0 Å². The van der Waals surface area contributed by atoms with Crippen molar-refractivity contribution >= 4 is 23.2 Å². The molecule has 33 heavy (non-hydrogen) atoms. The summed E-state index contributed by atoms with van der Waals surface area (Å²) in [6.07, 6.45) is 0.322. The van der Waals surface area contributed by atoms with Gasteiger partial charge in [-0.25, -0.2) is 0 Å². The zero-order valence-electron chi connectivity index (χ0n) is 19.2. The van der Waals surface area contributed by atoms with Gasteiger partial charge in [-0.2, -0.15) is 0 Å². The summed E-state index contributed by atoms with van der Waals surface area (Å²) in [5.74, 6) is 1.38. The van der Waals surface area contributed by atoms with Crippen LogP contribution in [0, 0.1) is 13.8 Å². The highest BCUT2D eigenvalue weighted by Crippen LogP contribution is 2.37. The van der Waals surface area contributed by atoms with Crippen LogP contribution in [0.25, 0.3) is 0 Å². The minimum atomic E-state index is -0.620. The van der Waals surface area contributed by atoms with E-state index in [-0.39, 0.29) is 18.4 Å². The molecule has 8 heteroatoms. The van der Waals surface area contributed by atoms with Crippen molar-refractivity contribution in [3.05, 3.63) is 65.0 Å². The fraction of sp³-hybridized carbons (Fsp3) is 0.320. The number of benzene rings is 2. The van der Waals surface area contributed by atoms with E-state index in [1.807, 2.05) is 38.1 Å². The largest absolute Gasteiger partial charge is 0.484 e. The van der Waals surface area contributed by atoms with Crippen LogP contribution in [0.15, 0.2) is 47.0 Å². The van der Waals surface area contributed by atoms with Crippen LogP contribution in [0.1, 0.15) is 36.4 Å². The molecule has 0 spiro atoms. The smallest absolute Gasteiger partial charge is 0.268 e. The Labute approximate surface area is 192 Å². The third-order valence-corrected chi connectivity index (χ3v) is 5.65. The van der Waals surface area contributed by atoms with Crippen molar-refractivity contribution < 1.29 is 23.6 Å². The number of hydrogen-bond donors (Lipinski definition) is 1. The number of nitrogens with zero attached hydrogens (tertiary/aromatic N) is 2. The van der Waals surface area contributed by atoms with Gasteiger partial charge in [0.1, 0.15) is 17.3 Å². The molecular formula is C25H27N3O5. The fourth-order valence-corrected chi connectivity index (χ4v) is 3.70. The van der Waals surface area contributed by atoms with Crippen molar-refractivity contribution in [3.8, 4) is 11.5 Å². The lowest BCUT2D eigenvalue weighted by Crippen LogP contribution is -2.44. The van der Waals surface area contributed by atoms with Gasteiger partial charge in [-0.3, -0.25) is 9.59 Å². The summed E-state index contributed by atoms with van der Waals surface area (Å²) in [6.45, 7) is 7.62. The Morgan fingerprint density at radius 3 is 2.61 bits per heavy atom. The van der Waals surface area contributed by atoms with E-state index in [2.05, 4.69) is 17.4 Å². The van der Waals surface area contributed by atoms with Crippen molar-refractivity contribution in [1.82, 2.24) is 5.16 Å². The van der Waals surface area contributed by atoms with E-state index in [0.29, 0.717) is 35.2 Å². The molecule has 2 heterocycles. The lowest BCUT2D eigenvalue weighted by Gasteiger charge is -2.33. The quantitative estimate of drug-likeness (QED) is 0.581. The fourth-order valence-electron chi connectivity index (χ4n) is 3.70.